The first-order chi connectivity index (χ1) is 8.41. The highest BCUT2D eigenvalue weighted by molar-refractivity contribution is 9.10. The molecule has 0 aromatic heterocycles. The number of hydrogen-bond donors (Lipinski definition) is 1. The molecule has 1 rings (SSSR count). The van der Waals surface area contributed by atoms with Gasteiger partial charge in [0.2, 0.25) is 5.91 Å². The summed E-state index contributed by atoms with van der Waals surface area (Å²) in [6.45, 7) is 0. The highest BCUT2D eigenvalue weighted by atomic mass is 79.9. The predicted octanol–water partition coefficient (Wildman–Crippen LogP) is 2.01. The standard InChI is InChI=1S/C12H17BrN2O2S/c1-15(2)12(16)4-3-7-18(17)11-8-9(13)5-6-10(11)14/h5-6,8H,3-4,7,14H2,1-2H3. The van der Waals surface area contributed by atoms with Gasteiger partial charge in [0.1, 0.15) is 0 Å². The molecule has 0 bridgehead atoms. The lowest BCUT2D eigenvalue weighted by Crippen LogP contribution is -2.21. The number of nitrogen functional groups attached to an aromatic ring is 1. The van der Waals surface area contributed by atoms with E-state index in [1.807, 2.05) is 6.07 Å². The predicted molar refractivity (Wildman–Crippen MR) is 77.8 cm³/mol. The van der Waals surface area contributed by atoms with Gasteiger partial charge in [-0.05, 0) is 24.6 Å². The van der Waals surface area contributed by atoms with E-state index in [2.05, 4.69) is 15.9 Å². The van der Waals surface area contributed by atoms with Gasteiger partial charge in [-0.3, -0.25) is 9.00 Å². The zero-order valence-corrected chi connectivity index (χ0v) is 12.9. The van der Waals surface area contributed by atoms with Crippen LogP contribution in [-0.2, 0) is 15.6 Å². The van der Waals surface area contributed by atoms with Crippen LogP contribution in [0.5, 0.6) is 0 Å². The van der Waals surface area contributed by atoms with E-state index in [0.29, 0.717) is 29.2 Å². The summed E-state index contributed by atoms with van der Waals surface area (Å²) in [5.41, 5.74) is 6.30. The largest absolute Gasteiger partial charge is 0.398 e. The second kappa shape index (κ2) is 6.89. The van der Waals surface area contributed by atoms with Crippen LogP contribution in [0, 0.1) is 0 Å². The van der Waals surface area contributed by atoms with Crippen LogP contribution in [-0.4, -0.2) is 34.9 Å². The number of carbonyl (C=O) groups is 1. The van der Waals surface area contributed by atoms with E-state index in [9.17, 15) is 9.00 Å². The van der Waals surface area contributed by atoms with Gasteiger partial charge < -0.3 is 10.6 Å². The minimum atomic E-state index is -1.16. The van der Waals surface area contributed by atoms with Crippen LogP contribution in [0.2, 0.25) is 0 Å². The first kappa shape index (κ1) is 15.2. The zero-order valence-electron chi connectivity index (χ0n) is 10.5. The third-order valence-corrected chi connectivity index (χ3v) is 4.44. The van der Waals surface area contributed by atoms with Crippen molar-refractivity contribution in [3.05, 3.63) is 22.7 Å². The number of nitrogens with two attached hydrogens (primary N) is 1. The smallest absolute Gasteiger partial charge is 0.222 e. The Hall–Kier alpha value is -0.880. The molecule has 0 aliphatic heterocycles. The Morgan fingerprint density at radius 3 is 2.72 bits per heavy atom. The molecule has 0 saturated carbocycles. The number of benzene rings is 1. The normalized spacial score (nSPS) is 12.2. The molecule has 1 aromatic carbocycles. The molecule has 0 aliphatic rings. The minimum absolute atomic E-state index is 0.0502. The molecule has 0 heterocycles. The van der Waals surface area contributed by atoms with Crippen LogP contribution in [0.3, 0.4) is 0 Å². The summed E-state index contributed by atoms with van der Waals surface area (Å²) in [6, 6.07) is 5.30. The average Bonchev–Trinajstić information content (AvgIpc) is 2.31. The quantitative estimate of drug-likeness (QED) is 0.839. The van der Waals surface area contributed by atoms with Gasteiger partial charge in [-0.25, -0.2) is 0 Å². The van der Waals surface area contributed by atoms with E-state index in [4.69, 9.17) is 5.73 Å². The molecule has 0 radical (unpaired) electrons. The van der Waals surface area contributed by atoms with Crippen molar-refractivity contribution in [2.24, 2.45) is 0 Å². The van der Waals surface area contributed by atoms with Gasteiger partial charge in [-0.15, -0.1) is 0 Å². The second-order valence-electron chi connectivity index (χ2n) is 4.12. The lowest BCUT2D eigenvalue weighted by atomic mass is 10.3. The highest BCUT2D eigenvalue weighted by Crippen LogP contribution is 2.22. The third-order valence-electron chi connectivity index (χ3n) is 2.44. The number of amides is 1. The molecule has 1 aromatic rings. The van der Waals surface area contributed by atoms with Gasteiger partial charge in [-0.2, -0.15) is 0 Å². The number of hydrogen-bond acceptors (Lipinski definition) is 3. The summed E-state index contributed by atoms with van der Waals surface area (Å²) in [7, 11) is 2.27. The van der Waals surface area contributed by atoms with Crippen LogP contribution in [0.25, 0.3) is 0 Å². The second-order valence-corrected chi connectivity index (χ2v) is 6.58. The SMILES string of the molecule is CN(C)C(=O)CCCS(=O)c1cc(Br)ccc1N. The van der Waals surface area contributed by atoms with Crippen molar-refractivity contribution in [2.75, 3.05) is 25.6 Å². The van der Waals surface area contributed by atoms with E-state index in [1.165, 1.54) is 4.90 Å². The third kappa shape index (κ3) is 4.42. The summed E-state index contributed by atoms with van der Waals surface area (Å²) >= 11 is 3.32. The van der Waals surface area contributed by atoms with Crippen LogP contribution < -0.4 is 5.73 Å². The maximum absolute atomic E-state index is 12.1. The van der Waals surface area contributed by atoms with E-state index in [-0.39, 0.29) is 5.91 Å². The lowest BCUT2D eigenvalue weighted by molar-refractivity contribution is -0.128. The summed E-state index contributed by atoms with van der Waals surface area (Å²) in [4.78, 5) is 13.5. The monoisotopic (exact) mass is 332 g/mol. The van der Waals surface area contributed by atoms with Gasteiger partial charge in [0, 0.05) is 36.4 Å². The highest BCUT2D eigenvalue weighted by Gasteiger charge is 2.10. The Kier molecular flexibility index (Phi) is 5.81. The van der Waals surface area contributed by atoms with Gasteiger partial charge in [0.15, 0.2) is 0 Å². The van der Waals surface area contributed by atoms with E-state index >= 15 is 0 Å². The maximum atomic E-state index is 12.1. The number of halogens is 1. The van der Waals surface area contributed by atoms with Crippen LogP contribution in [0.4, 0.5) is 5.69 Å². The Morgan fingerprint density at radius 2 is 2.11 bits per heavy atom. The molecular weight excluding hydrogens is 316 g/mol. The van der Waals surface area contributed by atoms with Crippen molar-refractivity contribution in [3.63, 3.8) is 0 Å². The summed E-state index contributed by atoms with van der Waals surface area (Å²) in [6.07, 6.45) is 1.00. The maximum Gasteiger partial charge on any atom is 0.222 e. The fourth-order valence-corrected chi connectivity index (χ4v) is 3.12. The lowest BCUT2D eigenvalue weighted by Gasteiger charge is -2.10. The van der Waals surface area contributed by atoms with Crippen LogP contribution in [0.15, 0.2) is 27.6 Å². The molecule has 2 N–H and O–H groups in total. The van der Waals surface area contributed by atoms with Gasteiger partial charge in [-0.1, -0.05) is 15.9 Å². The zero-order chi connectivity index (χ0) is 13.7. The fourth-order valence-electron chi connectivity index (χ4n) is 1.39. The molecule has 0 aliphatic carbocycles. The average molecular weight is 333 g/mol. The Morgan fingerprint density at radius 1 is 1.44 bits per heavy atom. The molecule has 0 saturated heterocycles. The first-order valence-corrected chi connectivity index (χ1v) is 7.66. The fraction of sp³-hybridized carbons (Fsp3) is 0.417. The number of carbonyl (C=O) groups excluding carboxylic acids is 1. The van der Waals surface area contributed by atoms with Crippen LogP contribution >= 0.6 is 15.9 Å². The van der Waals surface area contributed by atoms with Crippen molar-refractivity contribution in [2.45, 2.75) is 17.7 Å². The Balaban J connectivity index is 2.56. The van der Waals surface area contributed by atoms with Crippen LogP contribution in [0.1, 0.15) is 12.8 Å². The summed E-state index contributed by atoms with van der Waals surface area (Å²) in [5.74, 6) is 0.495. The van der Waals surface area contributed by atoms with Crippen molar-refractivity contribution < 1.29 is 9.00 Å². The number of nitrogens with zero attached hydrogens (tertiary/aromatic N) is 1. The van der Waals surface area contributed by atoms with Gasteiger partial charge in [0.25, 0.3) is 0 Å². The van der Waals surface area contributed by atoms with Gasteiger partial charge in [0.05, 0.1) is 15.7 Å². The summed E-state index contributed by atoms with van der Waals surface area (Å²) in [5, 5.41) is 0. The molecule has 100 valence electrons. The van der Waals surface area contributed by atoms with Crippen molar-refractivity contribution in [1.29, 1.82) is 0 Å². The summed E-state index contributed by atoms with van der Waals surface area (Å²) < 4.78 is 12.9. The van der Waals surface area contributed by atoms with Gasteiger partial charge >= 0.3 is 0 Å². The molecular formula is C12H17BrN2O2S. The molecule has 1 atom stereocenters. The van der Waals surface area contributed by atoms with E-state index in [0.717, 1.165) is 4.47 Å². The Labute approximate surface area is 118 Å². The molecule has 18 heavy (non-hydrogen) atoms. The van der Waals surface area contributed by atoms with Crippen molar-refractivity contribution in [1.82, 2.24) is 4.90 Å². The molecule has 0 spiro atoms. The van der Waals surface area contributed by atoms with E-state index in [1.54, 1.807) is 26.2 Å². The molecule has 1 amide bonds. The number of rotatable bonds is 5. The van der Waals surface area contributed by atoms with Crippen molar-refractivity contribution in [3.8, 4) is 0 Å². The molecule has 4 nitrogen and oxygen atoms in total. The topological polar surface area (TPSA) is 63.4 Å². The first-order valence-electron chi connectivity index (χ1n) is 5.55. The van der Waals surface area contributed by atoms with Crippen molar-refractivity contribution >= 4 is 38.3 Å². The minimum Gasteiger partial charge on any atom is -0.398 e. The Bertz CT molecular complexity index is 463. The molecule has 1 unspecified atom stereocenters. The molecule has 6 heteroatoms. The number of anilines is 1. The molecule has 0 fully saturated rings. The van der Waals surface area contributed by atoms with E-state index < -0.39 is 10.8 Å².